The summed E-state index contributed by atoms with van der Waals surface area (Å²) in [6.45, 7) is 2.62. The molecule has 0 aromatic heterocycles. The monoisotopic (exact) mass is 428 g/mol. The molecule has 0 saturated carbocycles. The first-order valence-electron chi connectivity index (χ1n) is 9.25. The van der Waals surface area contributed by atoms with E-state index in [1.165, 1.54) is 12.1 Å². The molecule has 2 aromatic carbocycles. The summed E-state index contributed by atoms with van der Waals surface area (Å²) in [6.07, 6.45) is -4.51. The fourth-order valence-corrected chi connectivity index (χ4v) is 4.47. The molecule has 1 aliphatic rings. The first kappa shape index (κ1) is 21.8. The number of benzene rings is 2. The van der Waals surface area contributed by atoms with Gasteiger partial charge in [0.25, 0.3) is 0 Å². The summed E-state index contributed by atoms with van der Waals surface area (Å²) in [5.41, 5.74) is 0.201. The average molecular weight is 428 g/mol. The van der Waals surface area contributed by atoms with Crippen LogP contribution < -0.4 is 4.72 Å². The second-order valence-corrected chi connectivity index (χ2v) is 8.69. The Morgan fingerprint density at radius 2 is 1.72 bits per heavy atom. The lowest BCUT2D eigenvalue weighted by molar-refractivity contribution is -0.137. The lowest BCUT2D eigenvalue weighted by Crippen LogP contribution is -2.44. The van der Waals surface area contributed by atoms with Crippen molar-refractivity contribution in [3.63, 3.8) is 0 Å². The Labute approximate surface area is 168 Å². The van der Waals surface area contributed by atoms with E-state index in [9.17, 15) is 21.6 Å². The van der Waals surface area contributed by atoms with Gasteiger partial charge in [0.1, 0.15) is 0 Å². The molecule has 1 heterocycles. The van der Waals surface area contributed by atoms with Crippen molar-refractivity contribution < 1.29 is 26.3 Å². The van der Waals surface area contributed by atoms with E-state index in [0.29, 0.717) is 26.3 Å². The van der Waals surface area contributed by atoms with E-state index in [1.54, 1.807) is 0 Å². The van der Waals surface area contributed by atoms with Crippen molar-refractivity contribution in [1.29, 1.82) is 0 Å². The normalized spacial score (nSPS) is 17.2. The molecule has 1 fully saturated rings. The van der Waals surface area contributed by atoms with Gasteiger partial charge in [-0.1, -0.05) is 48.5 Å². The SMILES string of the molecule is O=S(=O)(Cc1cccc(C(F)(F)F)c1)NCC(c1ccccc1)N1CCOCC1. The van der Waals surface area contributed by atoms with E-state index in [4.69, 9.17) is 4.74 Å². The van der Waals surface area contributed by atoms with E-state index < -0.39 is 27.5 Å². The van der Waals surface area contributed by atoms with Crippen molar-refractivity contribution >= 4 is 10.0 Å². The van der Waals surface area contributed by atoms with Crippen LogP contribution in [-0.2, 0) is 26.7 Å². The highest BCUT2D eigenvalue weighted by Gasteiger charge is 2.31. The molecule has 158 valence electrons. The molecule has 1 atom stereocenters. The molecule has 0 bridgehead atoms. The maximum Gasteiger partial charge on any atom is 0.416 e. The largest absolute Gasteiger partial charge is 0.416 e. The third kappa shape index (κ3) is 6.27. The van der Waals surface area contributed by atoms with Gasteiger partial charge in [-0.05, 0) is 17.2 Å². The first-order chi connectivity index (χ1) is 13.7. The highest BCUT2D eigenvalue weighted by atomic mass is 32.2. The van der Waals surface area contributed by atoms with Gasteiger partial charge in [0.2, 0.25) is 10.0 Å². The molecule has 0 amide bonds. The number of hydrogen-bond acceptors (Lipinski definition) is 4. The number of alkyl halides is 3. The molecular weight excluding hydrogens is 405 g/mol. The van der Waals surface area contributed by atoms with Crippen molar-refractivity contribution in [1.82, 2.24) is 9.62 Å². The van der Waals surface area contributed by atoms with E-state index in [-0.39, 0.29) is 18.2 Å². The Morgan fingerprint density at radius 3 is 2.38 bits per heavy atom. The van der Waals surface area contributed by atoms with E-state index in [0.717, 1.165) is 17.7 Å². The summed E-state index contributed by atoms with van der Waals surface area (Å²) in [5.74, 6) is -0.512. The fraction of sp³-hybridized carbons (Fsp3) is 0.400. The van der Waals surface area contributed by atoms with Gasteiger partial charge in [-0.25, -0.2) is 13.1 Å². The van der Waals surface area contributed by atoms with Crippen LogP contribution in [0.4, 0.5) is 13.2 Å². The van der Waals surface area contributed by atoms with Gasteiger partial charge in [-0.15, -0.1) is 0 Å². The first-order valence-corrected chi connectivity index (χ1v) is 10.9. The molecule has 29 heavy (non-hydrogen) atoms. The topological polar surface area (TPSA) is 58.6 Å². The molecule has 2 aromatic rings. The number of ether oxygens (including phenoxy) is 1. The van der Waals surface area contributed by atoms with Gasteiger partial charge in [0.15, 0.2) is 0 Å². The van der Waals surface area contributed by atoms with Gasteiger partial charge in [-0.3, -0.25) is 4.90 Å². The minimum atomic E-state index is -4.51. The van der Waals surface area contributed by atoms with Crippen LogP contribution >= 0.6 is 0 Å². The van der Waals surface area contributed by atoms with Gasteiger partial charge in [-0.2, -0.15) is 13.2 Å². The Morgan fingerprint density at radius 1 is 1.03 bits per heavy atom. The van der Waals surface area contributed by atoms with Crippen molar-refractivity contribution in [2.24, 2.45) is 0 Å². The Bertz CT molecular complexity index is 899. The molecule has 9 heteroatoms. The van der Waals surface area contributed by atoms with Crippen molar-refractivity contribution in [2.75, 3.05) is 32.8 Å². The molecule has 1 aliphatic heterocycles. The number of hydrogen-bond donors (Lipinski definition) is 1. The quantitative estimate of drug-likeness (QED) is 0.736. The summed E-state index contributed by atoms with van der Waals surface area (Å²) in [7, 11) is -3.81. The standard InChI is InChI=1S/C20H23F3N2O3S/c21-20(22,23)18-8-4-5-16(13-18)15-29(26,27)24-14-19(17-6-2-1-3-7-17)25-9-11-28-12-10-25/h1-8,13,19,24H,9-12,14-15H2. The van der Waals surface area contributed by atoms with Crippen LogP contribution in [0, 0.1) is 0 Å². The molecule has 0 aliphatic carbocycles. The molecule has 5 nitrogen and oxygen atoms in total. The molecule has 1 N–H and O–H groups in total. The number of rotatable bonds is 7. The second-order valence-electron chi connectivity index (χ2n) is 6.88. The number of halogens is 3. The minimum absolute atomic E-state index is 0.0926. The van der Waals surface area contributed by atoms with Crippen LogP contribution in [0.2, 0.25) is 0 Å². The van der Waals surface area contributed by atoms with E-state index in [2.05, 4.69) is 9.62 Å². The zero-order valence-corrected chi connectivity index (χ0v) is 16.5. The second kappa shape index (κ2) is 9.25. The Kier molecular flexibility index (Phi) is 6.94. The summed E-state index contributed by atoms with van der Waals surface area (Å²) < 4.78 is 71.6. The van der Waals surface area contributed by atoms with Gasteiger partial charge < -0.3 is 4.74 Å². The van der Waals surface area contributed by atoms with Crippen molar-refractivity contribution in [2.45, 2.75) is 18.0 Å². The molecule has 1 unspecified atom stereocenters. The van der Waals surface area contributed by atoms with Crippen LogP contribution in [0.15, 0.2) is 54.6 Å². The summed E-state index contributed by atoms with van der Waals surface area (Å²) in [4.78, 5) is 2.14. The Hall–Kier alpha value is -1.94. The average Bonchev–Trinajstić information content (AvgIpc) is 2.69. The van der Waals surface area contributed by atoms with Gasteiger partial charge >= 0.3 is 6.18 Å². The van der Waals surface area contributed by atoms with Crippen molar-refractivity contribution in [3.8, 4) is 0 Å². The molecule has 1 saturated heterocycles. The highest BCUT2D eigenvalue weighted by molar-refractivity contribution is 7.88. The molecular formula is C20H23F3N2O3S. The van der Waals surface area contributed by atoms with Crippen molar-refractivity contribution in [3.05, 3.63) is 71.3 Å². The van der Waals surface area contributed by atoms with Crippen LogP contribution in [0.1, 0.15) is 22.7 Å². The third-order valence-electron chi connectivity index (χ3n) is 4.78. The molecule has 0 radical (unpaired) electrons. The van der Waals surface area contributed by atoms with Crippen LogP contribution in [0.3, 0.4) is 0 Å². The number of nitrogens with one attached hydrogen (secondary N) is 1. The number of nitrogens with zero attached hydrogens (tertiary/aromatic N) is 1. The smallest absolute Gasteiger partial charge is 0.379 e. The minimum Gasteiger partial charge on any atom is -0.379 e. The zero-order valence-electron chi connectivity index (χ0n) is 15.7. The predicted octanol–water partition coefficient (Wildman–Crippen LogP) is 3.20. The van der Waals surface area contributed by atoms with Crippen LogP contribution in [-0.4, -0.2) is 46.2 Å². The lowest BCUT2D eigenvalue weighted by Gasteiger charge is -2.34. The van der Waals surface area contributed by atoms with Crippen LogP contribution in [0.25, 0.3) is 0 Å². The Balaban J connectivity index is 1.71. The van der Waals surface area contributed by atoms with Gasteiger partial charge in [0.05, 0.1) is 24.5 Å². The number of sulfonamides is 1. The van der Waals surface area contributed by atoms with E-state index >= 15 is 0 Å². The summed E-state index contributed by atoms with van der Waals surface area (Å²) in [5, 5.41) is 0. The number of morpholine rings is 1. The maximum absolute atomic E-state index is 12.9. The fourth-order valence-electron chi connectivity index (χ4n) is 3.34. The maximum atomic E-state index is 12.9. The summed E-state index contributed by atoms with van der Waals surface area (Å²) in [6, 6.07) is 13.7. The van der Waals surface area contributed by atoms with E-state index in [1.807, 2.05) is 30.3 Å². The van der Waals surface area contributed by atoms with Gasteiger partial charge in [0, 0.05) is 25.7 Å². The highest BCUT2D eigenvalue weighted by Crippen LogP contribution is 2.30. The zero-order chi connectivity index (χ0) is 20.9. The lowest BCUT2D eigenvalue weighted by atomic mass is 10.1. The molecule has 0 spiro atoms. The third-order valence-corrected chi connectivity index (χ3v) is 6.10. The molecule has 3 rings (SSSR count). The van der Waals surface area contributed by atoms with Crippen LogP contribution in [0.5, 0.6) is 0 Å². The predicted molar refractivity (Wildman–Crippen MR) is 104 cm³/mol. The summed E-state index contributed by atoms with van der Waals surface area (Å²) >= 11 is 0.